The minimum absolute atomic E-state index is 0.131. The van der Waals surface area contributed by atoms with Gasteiger partial charge in [0.05, 0.1) is 6.61 Å². The molecule has 0 aliphatic carbocycles. The quantitative estimate of drug-likeness (QED) is 0.383. The van der Waals surface area contributed by atoms with E-state index < -0.39 is 52.6 Å². The number of alkyl carbamates (subject to hydrolysis) is 1. The second-order valence-electron chi connectivity index (χ2n) is 7.85. The molecular weight excluding hydrogens is 573 g/mol. The molecule has 2 aromatic rings. The Morgan fingerprint density at radius 2 is 2.08 bits per heavy atom. The minimum atomic E-state index is -1.76. The zero-order chi connectivity index (χ0) is 25.7. The van der Waals surface area contributed by atoms with Crippen LogP contribution in [0.3, 0.4) is 0 Å². The number of nitrogens with zero attached hydrogens (tertiary/aromatic N) is 2. The number of thiocarbonyl (C=S) groups is 1. The molecule has 196 valence electrons. The molecule has 0 spiro atoms. The second kappa shape index (κ2) is 12.5. The van der Waals surface area contributed by atoms with Gasteiger partial charge in [-0.1, -0.05) is 72.1 Å². The van der Waals surface area contributed by atoms with Crippen LogP contribution in [0.2, 0.25) is 0 Å². The molecule has 1 N–H and O–H groups in total. The van der Waals surface area contributed by atoms with Gasteiger partial charge in [0.1, 0.15) is 36.6 Å². The number of rotatable bonds is 6. The Morgan fingerprint density at radius 1 is 1.31 bits per heavy atom. The lowest BCUT2D eigenvalue weighted by Gasteiger charge is -2.49. The van der Waals surface area contributed by atoms with E-state index in [1.807, 2.05) is 37.3 Å². The predicted octanol–water partition coefficient (Wildman–Crippen LogP) is 4.46. The van der Waals surface area contributed by atoms with Crippen LogP contribution in [0.25, 0.3) is 0 Å². The molecule has 1 aromatic carbocycles. The number of thioether (sulfide) groups is 1. The Kier molecular flexibility index (Phi) is 9.62. The number of halogens is 3. The first-order valence-electron chi connectivity index (χ1n) is 11.0. The van der Waals surface area contributed by atoms with E-state index in [9.17, 15) is 4.79 Å². The van der Waals surface area contributed by atoms with E-state index in [-0.39, 0.29) is 11.8 Å². The van der Waals surface area contributed by atoms with E-state index in [0.29, 0.717) is 5.75 Å². The van der Waals surface area contributed by atoms with E-state index in [2.05, 4.69) is 10.3 Å². The number of hydrogen-bond donors (Lipinski definition) is 1. The summed E-state index contributed by atoms with van der Waals surface area (Å²) < 4.78 is 29.8. The van der Waals surface area contributed by atoms with Crippen LogP contribution in [-0.4, -0.2) is 73.4 Å². The average Bonchev–Trinajstić information content (AvgIpc) is 3.40. The first-order chi connectivity index (χ1) is 17.2. The van der Waals surface area contributed by atoms with Crippen molar-refractivity contribution in [2.24, 2.45) is 0 Å². The standard InChI is InChI=1S/C22H24Cl3N3O6S2/c1-2-36-19-15(27-20(29)31-11-22(23,24)25)17(34-21(35)28-9-8-26-12-28)16-14(32-19)10-30-18(33-16)13-6-4-3-5-7-13/h3-9,12,14-19H,2,10-11H2,1H3,(H,27,29)/t14-,15-,16-,17-,18-,19+/m1/s1. The van der Waals surface area contributed by atoms with Gasteiger partial charge < -0.3 is 29.0 Å². The van der Waals surface area contributed by atoms with Gasteiger partial charge >= 0.3 is 6.09 Å². The topological polar surface area (TPSA) is 93.1 Å². The first-order valence-corrected chi connectivity index (χ1v) is 13.6. The maximum absolute atomic E-state index is 12.7. The van der Waals surface area contributed by atoms with E-state index in [4.69, 9.17) is 70.7 Å². The van der Waals surface area contributed by atoms with Crippen LogP contribution >= 0.6 is 58.8 Å². The van der Waals surface area contributed by atoms with Gasteiger partial charge in [0.15, 0.2) is 12.4 Å². The fourth-order valence-corrected chi connectivity index (χ4v) is 5.18. The molecule has 36 heavy (non-hydrogen) atoms. The molecule has 2 fully saturated rings. The summed E-state index contributed by atoms with van der Waals surface area (Å²) in [6, 6.07) is 8.78. The molecule has 2 aliphatic heterocycles. The molecule has 2 aliphatic rings. The lowest BCUT2D eigenvalue weighted by atomic mass is 9.96. The Hall–Kier alpha value is -1.31. The Morgan fingerprint density at radius 3 is 2.75 bits per heavy atom. The van der Waals surface area contributed by atoms with Crippen molar-refractivity contribution in [2.45, 2.75) is 46.8 Å². The summed E-state index contributed by atoms with van der Waals surface area (Å²) in [5.74, 6) is 0.705. The van der Waals surface area contributed by atoms with Crippen LogP contribution in [0.4, 0.5) is 4.79 Å². The fourth-order valence-electron chi connectivity index (χ4n) is 3.82. The molecule has 4 rings (SSSR count). The number of imidazole rings is 1. The van der Waals surface area contributed by atoms with E-state index in [1.165, 1.54) is 18.1 Å². The number of ether oxygens (including phenoxy) is 5. The first kappa shape index (κ1) is 27.7. The zero-order valence-electron chi connectivity index (χ0n) is 19.0. The summed E-state index contributed by atoms with van der Waals surface area (Å²) in [5.41, 5.74) is 0.316. The highest BCUT2D eigenvalue weighted by Gasteiger charge is 2.52. The van der Waals surface area contributed by atoms with Gasteiger partial charge in [-0.15, -0.1) is 11.8 Å². The van der Waals surface area contributed by atoms with Gasteiger partial charge in [0, 0.05) is 18.0 Å². The number of alkyl halides is 3. The smallest absolute Gasteiger partial charge is 0.407 e. The summed E-state index contributed by atoms with van der Waals surface area (Å²) in [6.45, 7) is 1.80. The molecule has 0 bridgehead atoms. The minimum Gasteiger partial charge on any atom is -0.462 e. The normalized spacial score (nSPS) is 28.1. The maximum atomic E-state index is 12.7. The number of carbonyl (C=O) groups excluding carboxylic acids is 1. The second-order valence-corrected chi connectivity index (χ2v) is 12.1. The van der Waals surface area contributed by atoms with Crippen LogP contribution < -0.4 is 5.32 Å². The number of amides is 1. The summed E-state index contributed by atoms with van der Waals surface area (Å²) in [4.78, 5) is 16.7. The molecule has 1 amide bonds. The number of nitrogens with one attached hydrogen (secondary N) is 1. The van der Waals surface area contributed by atoms with Gasteiger partial charge in [-0.05, 0) is 18.0 Å². The monoisotopic (exact) mass is 595 g/mol. The zero-order valence-corrected chi connectivity index (χ0v) is 22.9. The van der Waals surface area contributed by atoms with Crippen LogP contribution in [-0.2, 0) is 23.7 Å². The van der Waals surface area contributed by atoms with Crippen LogP contribution in [0, 0.1) is 0 Å². The predicted molar refractivity (Wildman–Crippen MR) is 140 cm³/mol. The molecular formula is C22H24Cl3N3O6S2. The van der Waals surface area contributed by atoms with Crippen molar-refractivity contribution in [3.8, 4) is 0 Å². The Balaban J connectivity index is 1.60. The van der Waals surface area contributed by atoms with Crippen LogP contribution in [0.15, 0.2) is 49.1 Å². The molecule has 0 radical (unpaired) electrons. The van der Waals surface area contributed by atoms with Crippen molar-refractivity contribution in [1.82, 2.24) is 14.9 Å². The molecule has 0 saturated carbocycles. The summed E-state index contributed by atoms with van der Waals surface area (Å²) in [6.07, 6.45) is 1.42. The highest BCUT2D eigenvalue weighted by atomic mass is 35.6. The Labute approximate surface area is 233 Å². The SMILES string of the molecule is CCS[C@@H]1O[C@@H]2CO[C@@H](c3ccccc3)O[C@H]2[C@H](OC(=S)n2ccnc2)[C@H]1NC(=O)OCC(Cl)(Cl)Cl. The molecule has 1 aromatic heterocycles. The maximum Gasteiger partial charge on any atom is 0.407 e. The van der Waals surface area contributed by atoms with Crippen molar-refractivity contribution < 1.29 is 28.5 Å². The van der Waals surface area contributed by atoms with Gasteiger partial charge in [-0.2, -0.15) is 0 Å². The lowest BCUT2D eigenvalue weighted by Crippen LogP contribution is -2.66. The number of fused-ring (bicyclic) bond motifs is 1. The lowest BCUT2D eigenvalue weighted by molar-refractivity contribution is -0.304. The van der Waals surface area contributed by atoms with Crippen molar-refractivity contribution >= 4 is 70.1 Å². The van der Waals surface area contributed by atoms with E-state index in [0.717, 1.165) is 5.56 Å². The number of aromatic nitrogens is 2. The Bertz CT molecular complexity index is 1010. The summed E-state index contributed by atoms with van der Waals surface area (Å²) in [5, 5.41) is 2.93. The van der Waals surface area contributed by atoms with E-state index >= 15 is 0 Å². The third-order valence-corrected chi connectivity index (χ3v) is 7.05. The number of benzene rings is 1. The van der Waals surface area contributed by atoms with Crippen molar-refractivity contribution in [1.29, 1.82) is 0 Å². The van der Waals surface area contributed by atoms with Gasteiger partial charge in [-0.3, -0.25) is 4.57 Å². The third kappa shape index (κ3) is 7.16. The molecule has 6 atom stereocenters. The molecule has 3 heterocycles. The molecule has 14 heteroatoms. The molecule has 9 nitrogen and oxygen atoms in total. The van der Waals surface area contributed by atoms with Gasteiger partial charge in [0.25, 0.3) is 5.17 Å². The number of hydrogen-bond acceptors (Lipinski definition) is 9. The van der Waals surface area contributed by atoms with Crippen molar-refractivity contribution in [3.63, 3.8) is 0 Å². The van der Waals surface area contributed by atoms with Crippen LogP contribution in [0.1, 0.15) is 18.8 Å². The third-order valence-electron chi connectivity index (χ3n) is 5.35. The van der Waals surface area contributed by atoms with E-state index in [1.54, 1.807) is 17.0 Å². The van der Waals surface area contributed by atoms with Gasteiger partial charge in [-0.25, -0.2) is 9.78 Å². The summed E-state index contributed by atoms with van der Waals surface area (Å²) in [7, 11) is 0. The highest BCUT2D eigenvalue weighted by Crippen LogP contribution is 2.38. The van der Waals surface area contributed by atoms with Crippen molar-refractivity contribution in [2.75, 3.05) is 19.0 Å². The summed E-state index contributed by atoms with van der Waals surface area (Å²) >= 11 is 24.2. The number of carbonyl (C=O) groups is 1. The highest BCUT2D eigenvalue weighted by molar-refractivity contribution is 7.99. The largest absolute Gasteiger partial charge is 0.462 e. The van der Waals surface area contributed by atoms with Crippen LogP contribution in [0.5, 0.6) is 0 Å². The average molecular weight is 597 g/mol. The van der Waals surface area contributed by atoms with Crippen molar-refractivity contribution in [3.05, 3.63) is 54.6 Å². The molecule has 0 unspecified atom stereocenters. The van der Waals surface area contributed by atoms with Gasteiger partial charge in [0.2, 0.25) is 3.79 Å². The fraction of sp³-hybridized carbons (Fsp3) is 0.500. The molecule has 2 saturated heterocycles.